The minimum absolute atomic E-state index is 0.0522. The number of rotatable bonds is 5. The molecular formula is C30H38N6O8S2. The van der Waals surface area contributed by atoms with Gasteiger partial charge < -0.3 is 36.2 Å². The van der Waals surface area contributed by atoms with Crippen LogP contribution in [0.15, 0.2) is 30.3 Å². The van der Waals surface area contributed by atoms with Crippen LogP contribution in [-0.2, 0) is 40.0 Å². The highest BCUT2D eigenvalue weighted by molar-refractivity contribution is 8.76. The topological polar surface area (TPSA) is 194 Å². The molecule has 0 radical (unpaired) electrons. The minimum atomic E-state index is -1.30. The molecule has 14 nitrogen and oxygen atoms in total. The molecule has 6 atom stereocenters. The number of aliphatic carboxylic acids is 1. The molecule has 1 aromatic carbocycles. The highest BCUT2D eigenvalue weighted by Crippen LogP contribution is 2.28. The third-order valence-electron chi connectivity index (χ3n) is 8.67. The molecule has 5 rings (SSSR count). The van der Waals surface area contributed by atoms with Crippen molar-refractivity contribution in [2.45, 2.75) is 81.2 Å². The highest BCUT2D eigenvalue weighted by atomic mass is 33.1. The first kappa shape index (κ1) is 33.6. The van der Waals surface area contributed by atoms with Gasteiger partial charge in [0.2, 0.25) is 35.4 Å². The smallest absolute Gasteiger partial charge is 0.327 e. The molecule has 0 saturated carbocycles. The summed E-state index contributed by atoms with van der Waals surface area (Å²) in [5, 5.41) is 20.6. The predicted molar refractivity (Wildman–Crippen MR) is 169 cm³/mol. The van der Waals surface area contributed by atoms with E-state index in [2.05, 4.69) is 21.3 Å². The minimum Gasteiger partial charge on any atom is -0.480 e. The number of hydrogen-bond donors (Lipinski definition) is 5. The fourth-order valence-electron chi connectivity index (χ4n) is 6.25. The molecule has 4 fully saturated rings. The maximum absolute atomic E-state index is 13.9. The Hall–Kier alpha value is -3.79. The Morgan fingerprint density at radius 3 is 2.15 bits per heavy atom. The Labute approximate surface area is 273 Å². The molecule has 5 N–H and O–H groups in total. The van der Waals surface area contributed by atoms with Gasteiger partial charge in [-0.25, -0.2) is 4.79 Å². The summed E-state index contributed by atoms with van der Waals surface area (Å²) in [5.74, 6) is -4.07. The van der Waals surface area contributed by atoms with Crippen LogP contribution in [0.4, 0.5) is 0 Å². The first-order valence-corrected chi connectivity index (χ1v) is 17.9. The number of carbonyl (C=O) groups excluding carboxylic acids is 6. The van der Waals surface area contributed by atoms with E-state index in [9.17, 15) is 38.7 Å². The molecule has 0 unspecified atom stereocenters. The lowest BCUT2D eigenvalue weighted by Crippen LogP contribution is -2.59. The summed E-state index contributed by atoms with van der Waals surface area (Å²) in [7, 11) is 2.26. The predicted octanol–water partition coefficient (Wildman–Crippen LogP) is -0.576. The molecule has 46 heavy (non-hydrogen) atoms. The fraction of sp³-hybridized carbons (Fsp3) is 0.567. The SMILES string of the molecule is O=C1CC[C@@H](C(=O)N[C@H]2CSSC[C@@H](C(=O)O)NC(=O)[C@H](Cc3ccccc3)NC(=O)[C@@H]3CCCN3C(=O)[C@@H]3CCCN3C2=O)N1. The number of hydrogen-bond acceptors (Lipinski definition) is 9. The second kappa shape index (κ2) is 15.2. The van der Waals surface area contributed by atoms with Crippen LogP contribution < -0.4 is 21.3 Å². The van der Waals surface area contributed by atoms with Crippen LogP contribution in [0.5, 0.6) is 0 Å². The summed E-state index contributed by atoms with van der Waals surface area (Å²) >= 11 is 0. The van der Waals surface area contributed by atoms with Crippen LogP contribution in [0.1, 0.15) is 44.1 Å². The average Bonchev–Trinajstić information content (AvgIpc) is 3.82. The van der Waals surface area contributed by atoms with Gasteiger partial charge in [0.05, 0.1) is 0 Å². The standard InChI is InChI=1S/C30H38N6O8S2/c37-24-11-10-18(31-24)25(38)33-20-15-45-46-16-21(30(43)44)34-26(39)19(14-17-6-2-1-3-7-17)32-27(40)22-8-4-12-35(22)29(42)23-9-5-13-36(23)28(20)41/h1-3,6-7,18-23H,4-5,8-16H2,(H,31,37)(H,32,40)(H,33,38)(H,34,39)(H,43,44)/t18-,19-,20-,21-,22-,23-/m0/s1. The van der Waals surface area contributed by atoms with Gasteiger partial charge in [-0.05, 0) is 37.7 Å². The van der Waals surface area contributed by atoms with Crippen molar-refractivity contribution in [3.05, 3.63) is 35.9 Å². The molecule has 0 aliphatic carbocycles. The van der Waals surface area contributed by atoms with Gasteiger partial charge in [-0.15, -0.1) is 0 Å². The van der Waals surface area contributed by atoms with Crippen LogP contribution in [0, 0.1) is 0 Å². The second-order valence-corrected chi connectivity index (χ2v) is 14.4. The molecule has 4 aliphatic rings. The van der Waals surface area contributed by atoms with E-state index >= 15 is 0 Å². The van der Waals surface area contributed by atoms with E-state index in [4.69, 9.17) is 0 Å². The summed E-state index contributed by atoms with van der Waals surface area (Å²) in [6, 6.07) is 3.10. The number of nitrogens with zero attached hydrogens (tertiary/aromatic N) is 2. The largest absolute Gasteiger partial charge is 0.480 e. The Morgan fingerprint density at radius 1 is 0.804 bits per heavy atom. The van der Waals surface area contributed by atoms with Crippen molar-refractivity contribution >= 4 is 63.0 Å². The molecule has 4 heterocycles. The average molecular weight is 675 g/mol. The molecule has 4 saturated heterocycles. The number of carboxylic acids is 1. The summed E-state index contributed by atoms with van der Waals surface area (Å²) < 4.78 is 0. The number of carboxylic acid groups (broad SMARTS) is 1. The number of nitrogens with one attached hydrogen (secondary N) is 4. The van der Waals surface area contributed by atoms with Crippen molar-refractivity contribution in [3.8, 4) is 0 Å². The zero-order chi connectivity index (χ0) is 32.8. The van der Waals surface area contributed by atoms with Crippen molar-refractivity contribution in [1.82, 2.24) is 31.1 Å². The third kappa shape index (κ3) is 7.94. The first-order chi connectivity index (χ1) is 22.1. The van der Waals surface area contributed by atoms with Gasteiger partial charge >= 0.3 is 5.97 Å². The number of carbonyl (C=O) groups is 7. The molecule has 1 aromatic rings. The lowest BCUT2D eigenvalue weighted by molar-refractivity contribution is -0.148. The molecule has 16 heteroatoms. The maximum atomic E-state index is 13.9. The maximum Gasteiger partial charge on any atom is 0.327 e. The lowest BCUT2D eigenvalue weighted by Gasteiger charge is -2.33. The van der Waals surface area contributed by atoms with Crippen molar-refractivity contribution < 1.29 is 38.7 Å². The van der Waals surface area contributed by atoms with E-state index in [0.29, 0.717) is 45.2 Å². The van der Waals surface area contributed by atoms with Crippen LogP contribution in [0.2, 0.25) is 0 Å². The Bertz CT molecular complexity index is 1370. The van der Waals surface area contributed by atoms with Gasteiger partial charge in [-0.3, -0.25) is 28.8 Å². The van der Waals surface area contributed by atoms with Crippen LogP contribution in [0.3, 0.4) is 0 Å². The van der Waals surface area contributed by atoms with Gasteiger partial charge in [0.25, 0.3) is 0 Å². The van der Waals surface area contributed by atoms with Crippen molar-refractivity contribution in [2.24, 2.45) is 0 Å². The summed E-state index contributed by atoms with van der Waals surface area (Å²) in [6.45, 7) is 0.600. The van der Waals surface area contributed by atoms with Crippen LogP contribution in [-0.4, -0.2) is 117 Å². The first-order valence-electron chi connectivity index (χ1n) is 15.4. The zero-order valence-corrected chi connectivity index (χ0v) is 26.8. The highest BCUT2D eigenvalue weighted by Gasteiger charge is 2.44. The second-order valence-electron chi connectivity index (χ2n) is 11.8. The lowest BCUT2D eigenvalue weighted by atomic mass is 10.0. The third-order valence-corrected chi connectivity index (χ3v) is 11.1. The quantitative estimate of drug-likeness (QED) is 0.253. The van der Waals surface area contributed by atoms with E-state index < -0.39 is 65.8 Å². The van der Waals surface area contributed by atoms with Gasteiger partial charge in [0.15, 0.2) is 0 Å². The van der Waals surface area contributed by atoms with Crippen molar-refractivity contribution in [1.29, 1.82) is 0 Å². The Balaban J connectivity index is 1.41. The molecule has 0 spiro atoms. The van der Waals surface area contributed by atoms with E-state index in [1.165, 1.54) is 9.80 Å². The zero-order valence-electron chi connectivity index (χ0n) is 25.1. The Morgan fingerprint density at radius 2 is 1.48 bits per heavy atom. The van der Waals surface area contributed by atoms with Crippen LogP contribution in [0.25, 0.3) is 0 Å². The Kier molecular flexibility index (Phi) is 11.1. The van der Waals surface area contributed by atoms with E-state index in [-0.39, 0.29) is 36.2 Å². The normalized spacial score (nSPS) is 29.7. The number of benzene rings is 1. The van der Waals surface area contributed by atoms with Crippen molar-refractivity contribution in [2.75, 3.05) is 24.6 Å². The van der Waals surface area contributed by atoms with E-state index in [1.54, 1.807) is 24.3 Å². The molecule has 4 aliphatic heterocycles. The fourth-order valence-corrected chi connectivity index (χ4v) is 8.56. The summed E-state index contributed by atoms with van der Waals surface area (Å²) in [6.07, 6.45) is 2.49. The van der Waals surface area contributed by atoms with E-state index in [1.807, 2.05) is 6.07 Å². The molecule has 0 aromatic heterocycles. The summed E-state index contributed by atoms with van der Waals surface area (Å²) in [4.78, 5) is 94.8. The number of fused-ring (bicyclic) bond motifs is 2. The summed E-state index contributed by atoms with van der Waals surface area (Å²) in [5.41, 5.74) is 0.760. The monoisotopic (exact) mass is 674 g/mol. The molecule has 6 amide bonds. The van der Waals surface area contributed by atoms with Gasteiger partial charge in [0, 0.05) is 37.4 Å². The van der Waals surface area contributed by atoms with Gasteiger partial charge in [0.1, 0.15) is 36.3 Å². The number of amides is 6. The van der Waals surface area contributed by atoms with E-state index in [0.717, 1.165) is 27.2 Å². The van der Waals surface area contributed by atoms with Crippen LogP contribution >= 0.6 is 21.6 Å². The van der Waals surface area contributed by atoms with Gasteiger partial charge in [-0.1, -0.05) is 51.9 Å². The molecular weight excluding hydrogens is 636 g/mol. The molecule has 248 valence electrons. The van der Waals surface area contributed by atoms with Gasteiger partial charge in [-0.2, -0.15) is 0 Å². The van der Waals surface area contributed by atoms with Crippen molar-refractivity contribution in [3.63, 3.8) is 0 Å². The molecule has 0 bridgehead atoms.